The topological polar surface area (TPSA) is 42.0 Å². The molecule has 0 unspecified atom stereocenters. The van der Waals surface area contributed by atoms with Gasteiger partial charge in [-0.15, -0.1) is 11.3 Å². The molecule has 1 aromatic heterocycles. The molecule has 1 amide bonds. The van der Waals surface area contributed by atoms with Crippen LogP contribution in [0.1, 0.15) is 11.3 Å². The van der Waals surface area contributed by atoms with Crippen LogP contribution in [0.3, 0.4) is 0 Å². The summed E-state index contributed by atoms with van der Waals surface area (Å²) >= 11 is 7.33. The standard InChI is InChI=1S/C20H16ClFN2OS/c21-16-6-1-14(2-7-16)3-10-19(25)23-12-11-18-13-26-20(24-18)15-4-8-17(22)9-5-15/h1-10,13H,11-12H2,(H,23,25)/b10-3+. The Morgan fingerprint density at radius 2 is 1.88 bits per heavy atom. The number of benzene rings is 2. The average molecular weight is 387 g/mol. The van der Waals surface area contributed by atoms with Gasteiger partial charge in [-0.05, 0) is 48.0 Å². The van der Waals surface area contributed by atoms with Crippen LogP contribution in [0.15, 0.2) is 60.0 Å². The number of amides is 1. The van der Waals surface area contributed by atoms with Crippen LogP contribution in [0.25, 0.3) is 16.6 Å². The first-order valence-corrected chi connectivity index (χ1v) is 9.28. The summed E-state index contributed by atoms with van der Waals surface area (Å²) in [5.74, 6) is -0.422. The first kappa shape index (κ1) is 18.3. The molecule has 1 N–H and O–H groups in total. The summed E-state index contributed by atoms with van der Waals surface area (Å²) in [5.41, 5.74) is 2.70. The van der Waals surface area contributed by atoms with E-state index in [0.29, 0.717) is 18.0 Å². The SMILES string of the molecule is O=C(/C=C/c1ccc(Cl)cc1)NCCc1csc(-c2ccc(F)cc2)n1. The fourth-order valence-electron chi connectivity index (χ4n) is 2.27. The monoisotopic (exact) mass is 386 g/mol. The fraction of sp³-hybridized carbons (Fsp3) is 0.100. The average Bonchev–Trinajstić information content (AvgIpc) is 3.11. The van der Waals surface area contributed by atoms with E-state index in [2.05, 4.69) is 10.3 Å². The van der Waals surface area contributed by atoms with Gasteiger partial charge in [0.15, 0.2) is 0 Å². The van der Waals surface area contributed by atoms with E-state index < -0.39 is 0 Å². The Balaban J connectivity index is 1.48. The summed E-state index contributed by atoms with van der Waals surface area (Å²) in [6.45, 7) is 0.496. The molecule has 0 aliphatic carbocycles. The van der Waals surface area contributed by atoms with Crippen LogP contribution in [-0.2, 0) is 11.2 Å². The number of nitrogens with one attached hydrogen (secondary N) is 1. The molecular weight excluding hydrogens is 371 g/mol. The number of nitrogens with zero attached hydrogens (tertiary/aromatic N) is 1. The highest BCUT2D eigenvalue weighted by Crippen LogP contribution is 2.23. The maximum absolute atomic E-state index is 13.0. The van der Waals surface area contributed by atoms with E-state index in [0.717, 1.165) is 21.8 Å². The third-order valence-electron chi connectivity index (χ3n) is 3.62. The molecule has 0 saturated carbocycles. The second-order valence-corrected chi connectivity index (χ2v) is 6.87. The number of hydrogen-bond donors (Lipinski definition) is 1. The van der Waals surface area contributed by atoms with E-state index in [4.69, 9.17) is 11.6 Å². The van der Waals surface area contributed by atoms with Gasteiger partial charge in [-0.1, -0.05) is 23.7 Å². The third-order valence-corrected chi connectivity index (χ3v) is 4.81. The Labute approximate surface area is 160 Å². The number of aromatic nitrogens is 1. The molecule has 1 heterocycles. The van der Waals surface area contributed by atoms with E-state index in [1.54, 1.807) is 30.3 Å². The lowest BCUT2D eigenvalue weighted by Crippen LogP contribution is -2.23. The summed E-state index contributed by atoms with van der Waals surface area (Å²) in [5, 5.41) is 6.29. The smallest absolute Gasteiger partial charge is 0.244 e. The molecule has 0 aliphatic rings. The van der Waals surface area contributed by atoms with Gasteiger partial charge in [0.2, 0.25) is 5.91 Å². The van der Waals surface area contributed by atoms with Crippen molar-refractivity contribution in [3.63, 3.8) is 0 Å². The van der Waals surface area contributed by atoms with Crippen molar-refractivity contribution >= 4 is 34.9 Å². The maximum Gasteiger partial charge on any atom is 0.244 e. The number of rotatable bonds is 6. The highest BCUT2D eigenvalue weighted by atomic mass is 35.5. The van der Waals surface area contributed by atoms with Gasteiger partial charge in [-0.25, -0.2) is 9.37 Å². The maximum atomic E-state index is 13.0. The molecule has 0 aliphatic heterocycles. The number of hydrogen-bond acceptors (Lipinski definition) is 3. The number of carbonyl (C=O) groups excluding carboxylic acids is 1. The molecule has 0 spiro atoms. The van der Waals surface area contributed by atoms with Gasteiger partial charge in [0.1, 0.15) is 10.8 Å². The molecule has 3 rings (SSSR count). The molecule has 3 aromatic rings. The normalized spacial score (nSPS) is 11.0. The molecule has 132 valence electrons. The lowest BCUT2D eigenvalue weighted by atomic mass is 10.2. The van der Waals surface area contributed by atoms with Crippen molar-refractivity contribution in [2.75, 3.05) is 6.54 Å². The van der Waals surface area contributed by atoms with E-state index in [1.165, 1.54) is 29.5 Å². The van der Waals surface area contributed by atoms with Crippen LogP contribution >= 0.6 is 22.9 Å². The summed E-state index contributed by atoms with van der Waals surface area (Å²) < 4.78 is 13.0. The Kier molecular flexibility index (Phi) is 6.15. The first-order valence-electron chi connectivity index (χ1n) is 8.02. The summed E-state index contributed by atoms with van der Waals surface area (Å²) in [7, 11) is 0. The van der Waals surface area contributed by atoms with Gasteiger partial charge in [0.25, 0.3) is 0 Å². The van der Waals surface area contributed by atoms with E-state index >= 15 is 0 Å². The summed E-state index contributed by atoms with van der Waals surface area (Å²) in [6.07, 6.45) is 3.87. The van der Waals surface area contributed by atoms with Gasteiger partial charge in [0.05, 0.1) is 5.69 Å². The quantitative estimate of drug-likeness (QED) is 0.607. The molecule has 0 radical (unpaired) electrons. The lowest BCUT2D eigenvalue weighted by Gasteiger charge is -2.00. The summed E-state index contributed by atoms with van der Waals surface area (Å²) in [4.78, 5) is 16.4. The van der Waals surface area contributed by atoms with Crippen LogP contribution in [0.5, 0.6) is 0 Å². The van der Waals surface area contributed by atoms with Crippen LogP contribution in [0.4, 0.5) is 4.39 Å². The van der Waals surface area contributed by atoms with Crippen LogP contribution < -0.4 is 5.32 Å². The van der Waals surface area contributed by atoms with Crippen molar-refractivity contribution in [1.29, 1.82) is 0 Å². The van der Waals surface area contributed by atoms with Crippen molar-refractivity contribution < 1.29 is 9.18 Å². The minimum absolute atomic E-state index is 0.158. The number of thiazole rings is 1. The molecular formula is C20H16ClFN2OS. The first-order chi connectivity index (χ1) is 12.6. The van der Waals surface area contributed by atoms with Gasteiger partial charge >= 0.3 is 0 Å². The molecule has 0 bridgehead atoms. The molecule has 0 saturated heterocycles. The Morgan fingerprint density at radius 3 is 2.62 bits per heavy atom. The lowest BCUT2D eigenvalue weighted by molar-refractivity contribution is -0.116. The minimum atomic E-state index is -0.264. The molecule has 26 heavy (non-hydrogen) atoms. The number of halogens is 2. The van der Waals surface area contributed by atoms with Crippen LogP contribution in [0.2, 0.25) is 5.02 Å². The highest BCUT2D eigenvalue weighted by molar-refractivity contribution is 7.13. The molecule has 0 fully saturated rings. The molecule has 6 heteroatoms. The van der Waals surface area contributed by atoms with Crippen molar-refractivity contribution in [2.24, 2.45) is 0 Å². The third kappa shape index (κ3) is 5.25. The molecule has 3 nitrogen and oxygen atoms in total. The second kappa shape index (κ2) is 8.74. The number of carbonyl (C=O) groups is 1. The van der Waals surface area contributed by atoms with E-state index in [9.17, 15) is 9.18 Å². The van der Waals surface area contributed by atoms with E-state index in [-0.39, 0.29) is 11.7 Å². The van der Waals surface area contributed by atoms with Crippen molar-refractivity contribution in [1.82, 2.24) is 10.3 Å². The van der Waals surface area contributed by atoms with Crippen LogP contribution in [0, 0.1) is 5.82 Å². The predicted molar refractivity (Wildman–Crippen MR) is 105 cm³/mol. The van der Waals surface area contributed by atoms with Gasteiger partial charge in [-0.3, -0.25) is 4.79 Å². The zero-order chi connectivity index (χ0) is 18.4. The minimum Gasteiger partial charge on any atom is -0.352 e. The van der Waals surface area contributed by atoms with Crippen LogP contribution in [-0.4, -0.2) is 17.4 Å². The molecule has 0 atom stereocenters. The Morgan fingerprint density at radius 1 is 1.15 bits per heavy atom. The van der Waals surface area contributed by atoms with Gasteiger partial charge < -0.3 is 5.32 Å². The Hall–Kier alpha value is -2.50. The zero-order valence-corrected chi connectivity index (χ0v) is 15.4. The van der Waals surface area contributed by atoms with Crippen molar-refractivity contribution in [3.05, 3.63) is 82.1 Å². The zero-order valence-electron chi connectivity index (χ0n) is 13.8. The second-order valence-electron chi connectivity index (χ2n) is 5.58. The Bertz CT molecular complexity index is 904. The van der Waals surface area contributed by atoms with Gasteiger partial charge in [0, 0.05) is 35.0 Å². The van der Waals surface area contributed by atoms with Crippen molar-refractivity contribution in [3.8, 4) is 10.6 Å². The predicted octanol–water partition coefficient (Wildman–Crippen LogP) is 4.97. The largest absolute Gasteiger partial charge is 0.352 e. The van der Waals surface area contributed by atoms with Crippen molar-refractivity contribution in [2.45, 2.75) is 6.42 Å². The van der Waals surface area contributed by atoms with E-state index in [1.807, 2.05) is 17.5 Å². The van der Waals surface area contributed by atoms with Gasteiger partial charge in [-0.2, -0.15) is 0 Å². The fourth-order valence-corrected chi connectivity index (χ4v) is 3.25. The highest BCUT2D eigenvalue weighted by Gasteiger charge is 2.05. The molecule has 2 aromatic carbocycles. The summed E-state index contributed by atoms with van der Waals surface area (Å²) in [6, 6.07) is 13.5.